The first-order valence-electron chi connectivity index (χ1n) is 4.78. The Bertz CT molecular complexity index is 486. The fourth-order valence-corrected chi connectivity index (χ4v) is 3.15. The highest BCUT2D eigenvalue weighted by Crippen LogP contribution is 2.26. The molecule has 2 aromatic rings. The number of hydrogen-bond acceptors (Lipinski definition) is 3. The van der Waals surface area contributed by atoms with Crippen LogP contribution in [0, 0.1) is 3.57 Å². The van der Waals surface area contributed by atoms with Crippen molar-refractivity contribution in [3.63, 3.8) is 0 Å². The normalized spacial score (nSPS) is 12.4. The van der Waals surface area contributed by atoms with E-state index in [1.54, 1.807) is 11.3 Å². The number of hydrogen-bond donors (Lipinski definition) is 1. The molecule has 0 fully saturated rings. The standard InChI is InChI=1S/C11H10BrIN2S/c1-7(11-14-6-10(12)16-11)15-9-4-2-3-8(13)5-9/h2-7,15H,1H3. The lowest BCUT2D eigenvalue weighted by atomic mass is 10.3. The Morgan fingerprint density at radius 1 is 1.50 bits per heavy atom. The Labute approximate surface area is 121 Å². The van der Waals surface area contributed by atoms with E-state index in [0.29, 0.717) is 0 Å². The van der Waals surface area contributed by atoms with E-state index in [4.69, 9.17) is 0 Å². The van der Waals surface area contributed by atoms with Crippen LogP contribution in [-0.2, 0) is 0 Å². The number of halogens is 2. The van der Waals surface area contributed by atoms with Gasteiger partial charge in [-0.05, 0) is 63.6 Å². The van der Waals surface area contributed by atoms with E-state index in [0.717, 1.165) is 14.5 Å². The summed E-state index contributed by atoms with van der Waals surface area (Å²) in [6.07, 6.45) is 1.84. The zero-order valence-electron chi connectivity index (χ0n) is 8.58. The summed E-state index contributed by atoms with van der Waals surface area (Å²) in [6.45, 7) is 2.12. The van der Waals surface area contributed by atoms with Crippen LogP contribution in [0.4, 0.5) is 5.69 Å². The van der Waals surface area contributed by atoms with E-state index >= 15 is 0 Å². The summed E-state index contributed by atoms with van der Waals surface area (Å²) in [6, 6.07) is 8.56. The maximum atomic E-state index is 4.34. The molecule has 0 aliphatic carbocycles. The van der Waals surface area contributed by atoms with Crippen LogP contribution >= 0.6 is 49.9 Å². The Kier molecular flexibility index (Phi) is 4.21. The predicted octanol–water partition coefficient (Wildman–Crippen LogP) is 4.68. The first-order chi connectivity index (χ1) is 7.65. The van der Waals surface area contributed by atoms with Crippen molar-refractivity contribution in [2.45, 2.75) is 13.0 Å². The van der Waals surface area contributed by atoms with Gasteiger partial charge in [0.1, 0.15) is 5.01 Å². The van der Waals surface area contributed by atoms with Crippen LogP contribution in [0.1, 0.15) is 18.0 Å². The third-order valence-electron chi connectivity index (χ3n) is 2.07. The highest BCUT2D eigenvalue weighted by Gasteiger charge is 2.09. The van der Waals surface area contributed by atoms with Crippen molar-refractivity contribution in [3.05, 3.63) is 42.8 Å². The van der Waals surface area contributed by atoms with E-state index in [1.807, 2.05) is 6.20 Å². The molecule has 1 aromatic carbocycles. The van der Waals surface area contributed by atoms with Gasteiger partial charge in [0.05, 0.1) is 16.0 Å². The van der Waals surface area contributed by atoms with Crippen LogP contribution in [0.15, 0.2) is 34.2 Å². The van der Waals surface area contributed by atoms with Crippen LogP contribution in [-0.4, -0.2) is 4.98 Å². The lowest BCUT2D eigenvalue weighted by Gasteiger charge is -2.12. The summed E-state index contributed by atoms with van der Waals surface area (Å²) in [4.78, 5) is 4.34. The van der Waals surface area contributed by atoms with Crippen molar-refractivity contribution >= 4 is 55.5 Å². The van der Waals surface area contributed by atoms with Crippen molar-refractivity contribution < 1.29 is 0 Å². The van der Waals surface area contributed by atoms with Crippen molar-refractivity contribution in [2.75, 3.05) is 5.32 Å². The van der Waals surface area contributed by atoms with Gasteiger partial charge in [0.25, 0.3) is 0 Å². The molecule has 16 heavy (non-hydrogen) atoms. The lowest BCUT2D eigenvalue weighted by Crippen LogP contribution is -2.05. The smallest absolute Gasteiger partial charge is 0.116 e. The molecule has 1 N–H and O–H groups in total. The Morgan fingerprint density at radius 3 is 2.94 bits per heavy atom. The first-order valence-corrected chi connectivity index (χ1v) is 7.47. The second kappa shape index (κ2) is 5.46. The molecule has 0 bridgehead atoms. The molecule has 1 unspecified atom stereocenters. The number of anilines is 1. The molecule has 0 saturated carbocycles. The van der Waals surface area contributed by atoms with Crippen molar-refractivity contribution in [3.8, 4) is 0 Å². The third-order valence-corrected chi connectivity index (χ3v) is 4.40. The molecule has 2 nitrogen and oxygen atoms in total. The minimum absolute atomic E-state index is 0.231. The average Bonchev–Trinajstić information content (AvgIpc) is 2.65. The zero-order chi connectivity index (χ0) is 11.5. The molecule has 0 amide bonds. The van der Waals surface area contributed by atoms with Gasteiger partial charge in [0, 0.05) is 9.26 Å². The molecular formula is C11H10BrIN2S. The summed E-state index contributed by atoms with van der Waals surface area (Å²) < 4.78 is 2.30. The van der Waals surface area contributed by atoms with E-state index in [9.17, 15) is 0 Å². The Hall–Kier alpha value is -0.140. The average molecular weight is 409 g/mol. The van der Waals surface area contributed by atoms with Gasteiger partial charge >= 0.3 is 0 Å². The maximum absolute atomic E-state index is 4.34. The minimum atomic E-state index is 0.231. The van der Waals surface area contributed by atoms with Gasteiger partial charge in [-0.25, -0.2) is 4.98 Å². The highest BCUT2D eigenvalue weighted by atomic mass is 127. The highest BCUT2D eigenvalue weighted by molar-refractivity contribution is 14.1. The number of thiazole rings is 1. The molecular weight excluding hydrogens is 399 g/mol. The fraction of sp³-hybridized carbons (Fsp3) is 0.182. The molecule has 0 saturated heterocycles. The van der Waals surface area contributed by atoms with Crippen LogP contribution in [0.3, 0.4) is 0 Å². The van der Waals surface area contributed by atoms with Crippen molar-refractivity contribution in [1.29, 1.82) is 0 Å². The van der Waals surface area contributed by atoms with Crippen molar-refractivity contribution in [2.24, 2.45) is 0 Å². The van der Waals surface area contributed by atoms with E-state index in [2.05, 4.69) is 80.0 Å². The first kappa shape index (κ1) is 12.3. The summed E-state index contributed by atoms with van der Waals surface area (Å²) in [5.74, 6) is 0. The zero-order valence-corrected chi connectivity index (χ0v) is 13.1. The second-order valence-corrected chi connectivity index (χ2v) is 7.07. The number of nitrogens with zero attached hydrogens (tertiary/aromatic N) is 1. The minimum Gasteiger partial charge on any atom is -0.376 e. The maximum Gasteiger partial charge on any atom is 0.116 e. The lowest BCUT2D eigenvalue weighted by molar-refractivity contribution is 0.869. The Balaban J connectivity index is 2.10. The largest absolute Gasteiger partial charge is 0.376 e. The van der Waals surface area contributed by atoms with Gasteiger partial charge in [0.15, 0.2) is 0 Å². The summed E-state index contributed by atoms with van der Waals surface area (Å²) in [7, 11) is 0. The van der Waals surface area contributed by atoms with Gasteiger partial charge in [-0.3, -0.25) is 0 Å². The predicted molar refractivity (Wildman–Crippen MR) is 81.0 cm³/mol. The van der Waals surface area contributed by atoms with Gasteiger partial charge < -0.3 is 5.32 Å². The monoisotopic (exact) mass is 408 g/mol. The molecule has 0 aliphatic heterocycles. The van der Waals surface area contributed by atoms with E-state index in [1.165, 1.54) is 3.57 Å². The van der Waals surface area contributed by atoms with Gasteiger partial charge in [0.2, 0.25) is 0 Å². The van der Waals surface area contributed by atoms with E-state index < -0.39 is 0 Å². The molecule has 5 heteroatoms. The Morgan fingerprint density at radius 2 is 2.31 bits per heavy atom. The quantitative estimate of drug-likeness (QED) is 0.745. The number of benzene rings is 1. The topological polar surface area (TPSA) is 24.9 Å². The molecule has 0 spiro atoms. The molecule has 0 aliphatic rings. The summed E-state index contributed by atoms with van der Waals surface area (Å²) >= 11 is 7.40. The SMILES string of the molecule is CC(Nc1cccc(I)c1)c1ncc(Br)s1. The van der Waals surface area contributed by atoms with Crippen LogP contribution in [0.25, 0.3) is 0 Å². The fourth-order valence-electron chi connectivity index (χ4n) is 1.36. The summed E-state index contributed by atoms with van der Waals surface area (Å²) in [5, 5.41) is 4.52. The van der Waals surface area contributed by atoms with Gasteiger partial charge in [-0.1, -0.05) is 6.07 Å². The third kappa shape index (κ3) is 3.18. The number of aromatic nitrogens is 1. The molecule has 1 atom stereocenters. The van der Waals surface area contributed by atoms with Crippen LogP contribution in [0.5, 0.6) is 0 Å². The van der Waals surface area contributed by atoms with Crippen LogP contribution < -0.4 is 5.32 Å². The molecule has 2 rings (SSSR count). The summed E-state index contributed by atoms with van der Waals surface area (Å²) in [5.41, 5.74) is 1.13. The molecule has 84 valence electrons. The molecule has 0 radical (unpaired) electrons. The number of nitrogens with one attached hydrogen (secondary N) is 1. The molecule has 1 heterocycles. The van der Waals surface area contributed by atoms with Crippen molar-refractivity contribution in [1.82, 2.24) is 4.98 Å². The molecule has 1 aromatic heterocycles. The van der Waals surface area contributed by atoms with Gasteiger partial charge in [-0.15, -0.1) is 11.3 Å². The number of rotatable bonds is 3. The second-order valence-electron chi connectivity index (χ2n) is 3.38. The van der Waals surface area contributed by atoms with Crippen LogP contribution in [0.2, 0.25) is 0 Å². The van der Waals surface area contributed by atoms with Gasteiger partial charge in [-0.2, -0.15) is 0 Å². The van der Waals surface area contributed by atoms with E-state index in [-0.39, 0.29) is 6.04 Å².